The number of hydrogen-bond donors (Lipinski definition) is 3. The second-order valence-electron chi connectivity index (χ2n) is 12.8. The van der Waals surface area contributed by atoms with E-state index in [1.54, 1.807) is 42.2 Å². The maximum atomic E-state index is 14.4. The Labute approximate surface area is 287 Å². The van der Waals surface area contributed by atoms with Gasteiger partial charge >= 0.3 is 5.97 Å². The van der Waals surface area contributed by atoms with Crippen LogP contribution in [0.4, 0.5) is 10.1 Å². The quantitative estimate of drug-likeness (QED) is 0.258. The molecule has 3 aromatic rings. The van der Waals surface area contributed by atoms with Crippen LogP contribution in [0.25, 0.3) is 0 Å². The van der Waals surface area contributed by atoms with Gasteiger partial charge in [-0.15, -0.1) is 0 Å². The largest absolute Gasteiger partial charge is 0.490 e. The molecule has 11 nitrogen and oxygen atoms in total. The van der Waals surface area contributed by atoms with E-state index in [0.717, 1.165) is 42.7 Å². The number of rotatable bonds is 10. The summed E-state index contributed by atoms with van der Waals surface area (Å²) in [6, 6.07) is 15.1. The van der Waals surface area contributed by atoms with Crippen molar-refractivity contribution in [1.82, 2.24) is 9.80 Å². The zero-order valence-electron chi connectivity index (χ0n) is 28.3. The first-order valence-electron chi connectivity index (χ1n) is 16.4. The highest BCUT2D eigenvalue weighted by Crippen LogP contribution is 2.29. The summed E-state index contributed by atoms with van der Waals surface area (Å²) in [5, 5.41) is 19.4. The number of carboxylic acids is 1. The number of amides is 1. The highest BCUT2D eigenvalue weighted by molar-refractivity contribution is 7.92. The average Bonchev–Trinajstić information content (AvgIpc) is 3.06. The van der Waals surface area contributed by atoms with Crippen LogP contribution in [-0.2, 0) is 21.3 Å². The van der Waals surface area contributed by atoms with Crippen LogP contribution >= 0.6 is 0 Å². The molecule has 1 aliphatic rings. The molecule has 266 valence electrons. The minimum absolute atomic E-state index is 0.123. The molecule has 4 atom stereocenters. The van der Waals surface area contributed by atoms with Gasteiger partial charge in [0.1, 0.15) is 11.6 Å². The number of nitrogens with one attached hydrogen (secondary N) is 1. The van der Waals surface area contributed by atoms with Crippen molar-refractivity contribution in [2.75, 3.05) is 38.1 Å². The molecule has 3 aromatic carbocycles. The topological polar surface area (TPSA) is 146 Å². The molecule has 1 amide bonds. The summed E-state index contributed by atoms with van der Waals surface area (Å²) >= 11 is 0. The van der Waals surface area contributed by atoms with Crippen molar-refractivity contribution in [2.45, 2.75) is 69.7 Å². The second kappa shape index (κ2) is 17.1. The van der Waals surface area contributed by atoms with Gasteiger partial charge < -0.3 is 24.6 Å². The van der Waals surface area contributed by atoms with Gasteiger partial charge in [0.05, 0.1) is 40.9 Å². The molecular weight excluding hydrogens is 653 g/mol. The fraction of sp³-hybridized carbons (Fsp3) is 0.444. The summed E-state index contributed by atoms with van der Waals surface area (Å²) in [7, 11) is -2.14. The number of aliphatic hydroxyl groups excluding tert-OH is 1. The predicted molar refractivity (Wildman–Crippen MR) is 184 cm³/mol. The van der Waals surface area contributed by atoms with Crippen LogP contribution in [0.5, 0.6) is 5.75 Å². The Kier molecular flexibility index (Phi) is 13.2. The van der Waals surface area contributed by atoms with Crippen molar-refractivity contribution < 1.29 is 42.1 Å². The molecule has 13 heteroatoms. The average molecular weight is 700 g/mol. The van der Waals surface area contributed by atoms with Crippen molar-refractivity contribution in [1.29, 1.82) is 0 Å². The van der Waals surface area contributed by atoms with E-state index in [1.165, 1.54) is 12.1 Å². The molecule has 0 fully saturated rings. The fourth-order valence-corrected chi connectivity index (χ4v) is 6.76. The van der Waals surface area contributed by atoms with Crippen LogP contribution < -0.4 is 9.46 Å². The third kappa shape index (κ3) is 10.5. The number of nitrogens with zero attached hydrogens (tertiary/aromatic N) is 2. The van der Waals surface area contributed by atoms with E-state index in [9.17, 15) is 32.6 Å². The van der Waals surface area contributed by atoms with E-state index in [4.69, 9.17) is 9.47 Å². The number of aromatic carboxylic acids is 1. The van der Waals surface area contributed by atoms with Crippen molar-refractivity contribution in [3.63, 3.8) is 0 Å². The molecule has 0 saturated carbocycles. The number of aliphatic hydroxyl groups is 1. The number of likely N-dealkylation sites (N-methyl/N-ethyl adjacent to an activating group) is 1. The number of benzene rings is 3. The molecule has 0 spiro atoms. The Balaban J connectivity index is 1.62. The summed E-state index contributed by atoms with van der Waals surface area (Å²) in [5.41, 5.74) is 1.42. The van der Waals surface area contributed by atoms with E-state index >= 15 is 0 Å². The van der Waals surface area contributed by atoms with E-state index in [2.05, 4.69) is 9.62 Å². The van der Waals surface area contributed by atoms with Gasteiger partial charge in [0.25, 0.3) is 15.9 Å². The number of carboxylic acid groups (broad SMARTS) is 1. The lowest BCUT2D eigenvalue weighted by atomic mass is 10.0. The summed E-state index contributed by atoms with van der Waals surface area (Å²) < 4.78 is 54.8. The SMILES string of the molecule is C[C@@H]1CCCCO[C@H](CN(C)Cc2ccc(C(=O)O)cc2)[C@H](C)CN([C@H](C)CO)C(=O)c2cc(NS(=O)(=O)c3ccc(F)cc3)ccc2O1. The van der Waals surface area contributed by atoms with Crippen LogP contribution in [0.1, 0.15) is 66.3 Å². The van der Waals surface area contributed by atoms with Gasteiger partial charge in [-0.05, 0) is 100 Å². The second-order valence-corrected chi connectivity index (χ2v) is 14.5. The zero-order valence-corrected chi connectivity index (χ0v) is 29.2. The number of carbonyl (C=O) groups is 2. The molecule has 0 aliphatic carbocycles. The summed E-state index contributed by atoms with van der Waals surface area (Å²) in [6.07, 6.45) is 1.77. The Morgan fingerprint density at radius 2 is 1.78 bits per heavy atom. The minimum Gasteiger partial charge on any atom is -0.490 e. The Hall–Kier alpha value is -4.04. The molecule has 0 radical (unpaired) electrons. The van der Waals surface area contributed by atoms with Crippen LogP contribution in [0.3, 0.4) is 0 Å². The molecule has 4 rings (SSSR count). The van der Waals surface area contributed by atoms with Gasteiger partial charge in [-0.1, -0.05) is 19.1 Å². The third-order valence-corrected chi connectivity index (χ3v) is 9.97. The fourth-order valence-electron chi connectivity index (χ4n) is 5.71. The number of carbonyl (C=O) groups excluding carboxylic acids is 1. The minimum atomic E-state index is -4.09. The molecule has 1 heterocycles. The van der Waals surface area contributed by atoms with Crippen molar-refractivity contribution in [3.05, 3.63) is 89.2 Å². The molecule has 0 saturated heterocycles. The molecule has 0 unspecified atom stereocenters. The van der Waals surface area contributed by atoms with Gasteiger partial charge in [0.15, 0.2) is 0 Å². The summed E-state index contributed by atoms with van der Waals surface area (Å²) in [5.74, 6) is -1.88. The zero-order chi connectivity index (χ0) is 35.7. The predicted octanol–water partition coefficient (Wildman–Crippen LogP) is 5.25. The lowest BCUT2D eigenvalue weighted by Crippen LogP contribution is -2.47. The van der Waals surface area contributed by atoms with Gasteiger partial charge in [-0.2, -0.15) is 0 Å². The molecule has 49 heavy (non-hydrogen) atoms. The van der Waals surface area contributed by atoms with E-state index in [-0.39, 0.29) is 53.0 Å². The number of hydrogen-bond acceptors (Lipinski definition) is 8. The van der Waals surface area contributed by atoms with Crippen LogP contribution in [0.15, 0.2) is 71.6 Å². The standard InChI is InChI=1S/C36H46FN3O8S/c1-24-20-40(25(2)23-41)35(42)32-19-30(38-49(45,46)31-15-12-29(37)13-16-31)14-17-33(32)48-26(3)7-5-6-18-47-34(24)22-39(4)21-27-8-10-28(11-9-27)36(43)44/h8-17,19,24-26,34,38,41H,5-7,18,20-23H2,1-4H3,(H,43,44)/t24-,25-,26-,34-/m1/s1. The smallest absolute Gasteiger partial charge is 0.335 e. The molecular formula is C36H46FN3O8S. The highest BCUT2D eigenvalue weighted by atomic mass is 32.2. The van der Waals surface area contributed by atoms with Gasteiger partial charge in [0, 0.05) is 37.8 Å². The maximum absolute atomic E-state index is 14.4. The lowest BCUT2D eigenvalue weighted by Gasteiger charge is -2.36. The maximum Gasteiger partial charge on any atom is 0.335 e. The van der Waals surface area contributed by atoms with Crippen LogP contribution in [0.2, 0.25) is 0 Å². The number of ether oxygens (including phenoxy) is 2. The van der Waals surface area contributed by atoms with Crippen molar-refractivity contribution in [3.8, 4) is 5.75 Å². The van der Waals surface area contributed by atoms with E-state index in [1.807, 2.05) is 20.9 Å². The molecule has 0 aromatic heterocycles. The van der Waals surface area contributed by atoms with Crippen molar-refractivity contribution in [2.24, 2.45) is 5.92 Å². The normalized spacial score (nSPS) is 20.2. The van der Waals surface area contributed by atoms with Gasteiger partial charge in [-0.3, -0.25) is 14.4 Å². The summed E-state index contributed by atoms with van der Waals surface area (Å²) in [6.45, 7) is 7.16. The number of sulfonamides is 1. The lowest BCUT2D eigenvalue weighted by molar-refractivity contribution is -0.0177. The van der Waals surface area contributed by atoms with E-state index in [0.29, 0.717) is 31.9 Å². The number of fused-ring (bicyclic) bond motifs is 1. The molecule has 3 N–H and O–H groups in total. The summed E-state index contributed by atoms with van der Waals surface area (Å²) in [4.78, 5) is 29.1. The first-order chi connectivity index (χ1) is 23.3. The van der Waals surface area contributed by atoms with Crippen LogP contribution in [0, 0.1) is 11.7 Å². The number of halogens is 1. The monoisotopic (exact) mass is 699 g/mol. The molecule has 1 aliphatic heterocycles. The first-order valence-corrected chi connectivity index (χ1v) is 17.9. The van der Waals surface area contributed by atoms with E-state index < -0.39 is 33.8 Å². The molecule has 0 bridgehead atoms. The van der Waals surface area contributed by atoms with Crippen LogP contribution in [-0.4, -0.2) is 91.9 Å². The first kappa shape index (κ1) is 37.8. The Morgan fingerprint density at radius 3 is 2.43 bits per heavy atom. The Bertz CT molecular complexity index is 1670. The number of anilines is 1. The Morgan fingerprint density at radius 1 is 1.08 bits per heavy atom. The van der Waals surface area contributed by atoms with Gasteiger partial charge in [0.2, 0.25) is 0 Å². The van der Waals surface area contributed by atoms with Gasteiger partial charge in [-0.25, -0.2) is 17.6 Å². The highest BCUT2D eigenvalue weighted by Gasteiger charge is 2.31. The van der Waals surface area contributed by atoms with Crippen molar-refractivity contribution >= 4 is 27.6 Å². The third-order valence-electron chi connectivity index (χ3n) is 8.57.